The van der Waals surface area contributed by atoms with Crippen LogP contribution in [-0.4, -0.2) is 42.2 Å². The monoisotopic (exact) mass is 586 g/mol. The van der Waals surface area contributed by atoms with Crippen LogP contribution in [0.25, 0.3) is 6.08 Å². The number of aryl methyl sites for hydroxylation is 1. The van der Waals surface area contributed by atoms with Gasteiger partial charge in [-0.05, 0) is 76.2 Å². The second-order valence-electron chi connectivity index (χ2n) is 9.49. The zero-order chi connectivity index (χ0) is 30.5. The van der Waals surface area contributed by atoms with Gasteiger partial charge in [-0.3, -0.25) is 9.59 Å². The minimum absolute atomic E-state index is 0. The molecule has 43 heavy (non-hydrogen) atoms. The Morgan fingerprint density at radius 2 is 1.14 bits per heavy atom. The summed E-state index contributed by atoms with van der Waals surface area (Å²) in [5.41, 5.74) is 5.25. The number of aromatic hydroxyl groups is 2. The lowest BCUT2D eigenvalue weighted by Crippen LogP contribution is -2.02. The molecule has 0 aliphatic rings. The number of carbonyl (C=O) groups excluding carboxylic acids is 2. The number of carbonyl (C=O) groups is 2. The van der Waals surface area contributed by atoms with E-state index in [0.717, 1.165) is 11.1 Å². The third kappa shape index (κ3) is 10.3. The first-order chi connectivity index (χ1) is 20.3. The Bertz CT molecular complexity index is 1540. The van der Waals surface area contributed by atoms with Crippen molar-refractivity contribution in [2.24, 2.45) is 0 Å². The van der Waals surface area contributed by atoms with Crippen LogP contribution < -0.4 is 0 Å². The number of phenolic OH excluding ortho intramolecular Hbond substituents is 2. The van der Waals surface area contributed by atoms with Crippen LogP contribution in [0.1, 0.15) is 67.9 Å². The summed E-state index contributed by atoms with van der Waals surface area (Å²) in [7, 11) is 0. The normalized spacial score (nSPS) is 10.5. The molecule has 6 N–H and O–H groups in total. The first-order valence-electron chi connectivity index (χ1n) is 13.3. The molecule has 0 unspecified atom stereocenters. The van der Waals surface area contributed by atoms with Gasteiger partial charge < -0.3 is 30.6 Å². The molecule has 0 saturated heterocycles. The average molecular weight is 587 g/mol. The third-order valence-corrected chi connectivity index (χ3v) is 6.55. The highest BCUT2D eigenvalue weighted by Crippen LogP contribution is 2.18. The summed E-state index contributed by atoms with van der Waals surface area (Å²) in [6, 6.07) is 23.0. The van der Waals surface area contributed by atoms with Crippen LogP contribution in [-0.2, 0) is 32.8 Å². The topological polar surface area (TPSA) is 156 Å². The average Bonchev–Trinajstić information content (AvgIpc) is 3.02. The Morgan fingerprint density at radius 1 is 0.605 bits per heavy atom. The summed E-state index contributed by atoms with van der Waals surface area (Å²) in [5.74, 6) is -0.134. The number of ketones is 2. The van der Waals surface area contributed by atoms with Crippen molar-refractivity contribution in [2.45, 2.75) is 46.7 Å². The lowest BCUT2D eigenvalue weighted by Gasteiger charge is -2.08. The molecule has 4 rings (SSSR count). The molecule has 4 aromatic carbocycles. The molecule has 0 bridgehead atoms. The number of aliphatic hydroxyl groups is 4. The van der Waals surface area contributed by atoms with E-state index >= 15 is 0 Å². The Labute approximate surface area is 251 Å². The van der Waals surface area contributed by atoms with Gasteiger partial charge in [0.05, 0.1) is 26.4 Å². The molecule has 0 atom stereocenters. The van der Waals surface area contributed by atoms with Crippen LogP contribution in [0.15, 0.2) is 91.0 Å². The molecule has 0 aromatic heterocycles. The van der Waals surface area contributed by atoms with Crippen LogP contribution in [0, 0.1) is 0 Å². The molecule has 0 fully saturated rings. The molecule has 0 saturated carbocycles. The first-order valence-corrected chi connectivity index (χ1v) is 13.3. The fraction of sp³-hybridized carbons (Fsp3) is 0.200. The molecule has 8 heteroatoms. The Kier molecular flexibility index (Phi) is 14.0. The number of benzene rings is 4. The van der Waals surface area contributed by atoms with Gasteiger partial charge in [0.1, 0.15) is 11.5 Å². The fourth-order valence-electron chi connectivity index (χ4n) is 4.20. The minimum atomic E-state index is -0.220. The predicted octanol–water partition coefficient (Wildman–Crippen LogP) is 5.10. The Morgan fingerprint density at radius 3 is 1.72 bits per heavy atom. The maximum absolute atomic E-state index is 12.0. The molecule has 4 aromatic rings. The summed E-state index contributed by atoms with van der Waals surface area (Å²) >= 11 is 0. The third-order valence-electron chi connectivity index (χ3n) is 6.55. The predicted molar refractivity (Wildman–Crippen MR) is 166 cm³/mol. The SMILES string of the molecule is C.O=C(/C=C/c1ccc(CO)c(CO)c1)c1cccc(O)c1.O=C(CCc1ccc(CO)c(CO)c1)c1cccc(O)c1. The number of Topliss-reactive ketones (excluding diaryl/α,β-unsaturated/α-hetero) is 1. The van der Waals surface area contributed by atoms with E-state index in [1.807, 2.05) is 6.07 Å². The molecule has 0 amide bonds. The lowest BCUT2D eigenvalue weighted by molar-refractivity contribution is 0.0981. The van der Waals surface area contributed by atoms with E-state index in [1.165, 1.54) is 30.3 Å². The van der Waals surface area contributed by atoms with E-state index in [9.17, 15) is 30.0 Å². The van der Waals surface area contributed by atoms with E-state index < -0.39 is 0 Å². The fourth-order valence-corrected chi connectivity index (χ4v) is 4.20. The molecule has 226 valence electrons. The lowest BCUT2D eigenvalue weighted by atomic mass is 9.99. The highest BCUT2D eigenvalue weighted by Gasteiger charge is 2.09. The second-order valence-corrected chi connectivity index (χ2v) is 9.49. The molecule has 0 aliphatic carbocycles. The highest BCUT2D eigenvalue weighted by molar-refractivity contribution is 6.07. The van der Waals surface area contributed by atoms with E-state index in [0.29, 0.717) is 46.2 Å². The van der Waals surface area contributed by atoms with Gasteiger partial charge in [-0.15, -0.1) is 0 Å². The molecule has 0 heterocycles. The van der Waals surface area contributed by atoms with Gasteiger partial charge in [-0.25, -0.2) is 0 Å². The summed E-state index contributed by atoms with van der Waals surface area (Å²) < 4.78 is 0. The molecule has 8 nitrogen and oxygen atoms in total. The number of hydrogen-bond acceptors (Lipinski definition) is 8. The molecule has 0 aliphatic heterocycles. The van der Waals surface area contributed by atoms with Gasteiger partial charge >= 0.3 is 0 Å². The van der Waals surface area contributed by atoms with Crippen LogP contribution >= 0.6 is 0 Å². The van der Waals surface area contributed by atoms with Crippen molar-refractivity contribution in [1.82, 2.24) is 0 Å². The zero-order valence-corrected chi connectivity index (χ0v) is 23.0. The van der Waals surface area contributed by atoms with Crippen molar-refractivity contribution in [3.63, 3.8) is 0 Å². The highest BCUT2D eigenvalue weighted by atomic mass is 16.3. The number of phenols is 2. The summed E-state index contributed by atoms with van der Waals surface area (Å²) in [6.07, 6.45) is 3.91. The largest absolute Gasteiger partial charge is 0.508 e. The van der Waals surface area contributed by atoms with Gasteiger partial charge in [-0.2, -0.15) is 0 Å². The molecular formula is C35H38O8. The number of rotatable bonds is 11. The molecule has 0 radical (unpaired) electrons. The number of aliphatic hydroxyl groups excluding tert-OH is 4. The van der Waals surface area contributed by atoms with Gasteiger partial charge in [0, 0.05) is 17.5 Å². The first kappa shape index (κ1) is 34.6. The van der Waals surface area contributed by atoms with E-state index in [1.54, 1.807) is 60.7 Å². The quantitative estimate of drug-likeness (QED) is 0.105. The van der Waals surface area contributed by atoms with Crippen LogP contribution in [0.3, 0.4) is 0 Å². The van der Waals surface area contributed by atoms with Gasteiger partial charge in [-0.1, -0.05) is 68.1 Å². The van der Waals surface area contributed by atoms with Crippen molar-refractivity contribution in [3.8, 4) is 11.5 Å². The zero-order valence-electron chi connectivity index (χ0n) is 23.0. The smallest absolute Gasteiger partial charge is 0.185 e. The summed E-state index contributed by atoms with van der Waals surface area (Å²) in [4.78, 5) is 24.0. The van der Waals surface area contributed by atoms with Crippen molar-refractivity contribution in [1.29, 1.82) is 0 Å². The maximum atomic E-state index is 12.0. The van der Waals surface area contributed by atoms with Crippen molar-refractivity contribution in [2.75, 3.05) is 0 Å². The van der Waals surface area contributed by atoms with Gasteiger partial charge in [0.2, 0.25) is 0 Å². The van der Waals surface area contributed by atoms with Crippen molar-refractivity contribution in [3.05, 3.63) is 136 Å². The summed E-state index contributed by atoms with van der Waals surface area (Å²) in [6.45, 7) is -0.553. The number of allylic oxidation sites excluding steroid dienone is 1. The standard InChI is InChI=1S/C17H18O4.C17H16O4.CH4/c2*18-10-14-6-4-12(8-15(14)11-19)5-7-17(21)13-2-1-3-16(20)9-13;/h1-4,6,8-9,18-20H,5,7,10-11H2;1-9,18-20H,10-11H2;1H4/b;7-5+;. The molecular weight excluding hydrogens is 548 g/mol. The van der Waals surface area contributed by atoms with E-state index in [2.05, 4.69) is 0 Å². The van der Waals surface area contributed by atoms with E-state index in [4.69, 9.17) is 10.2 Å². The van der Waals surface area contributed by atoms with Crippen LogP contribution in [0.2, 0.25) is 0 Å². The number of hydrogen-bond donors (Lipinski definition) is 6. The summed E-state index contributed by atoms with van der Waals surface area (Å²) in [5, 5.41) is 55.5. The van der Waals surface area contributed by atoms with Crippen LogP contribution in [0.5, 0.6) is 11.5 Å². The molecule has 0 spiro atoms. The van der Waals surface area contributed by atoms with Crippen LogP contribution in [0.4, 0.5) is 0 Å². The van der Waals surface area contributed by atoms with Gasteiger partial charge in [0.15, 0.2) is 11.6 Å². The minimum Gasteiger partial charge on any atom is -0.508 e. The Hall–Kier alpha value is -4.60. The second kappa shape index (κ2) is 17.4. The van der Waals surface area contributed by atoms with Crippen molar-refractivity contribution >= 4 is 17.6 Å². The maximum Gasteiger partial charge on any atom is 0.185 e. The Balaban J connectivity index is 0.000000293. The van der Waals surface area contributed by atoms with Crippen molar-refractivity contribution < 1.29 is 40.2 Å². The van der Waals surface area contributed by atoms with E-state index in [-0.39, 0.29) is 56.9 Å². The van der Waals surface area contributed by atoms with Gasteiger partial charge in [0.25, 0.3) is 0 Å².